The lowest BCUT2D eigenvalue weighted by Crippen LogP contribution is -1.99. The molecule has 0 spiro atoms. The van der Waals surface area contributed by atoms with Crippen molar-refractivity contribution in [2.24, 2.45) is 0 Å². The summed E-state index contributed by atoms with van der Waals surface area (Å²) >= 11 is 0. The second-order valence-corrected chi connectivity index (χ2v) is 7.36. The molecule has 2 N–H and O–H groups in total. The number of benzene rings is 3. The minimum atomic E-state index is -1.03. The lowest BCUT2D eigenvalue weighted by molar-refractivity contribution is 0.0686. The molecule has 0 bridgehead atoms. The molecule has 162 valence electrons. The van der Waals surface area contributed by atoms with E-state index in [1.165, 1.54) is 31.2 Å². The SMILES string of the molecule is CC(=O)c1ccc(-c2cc(-c3ccc(C(=O)O)cc3)nc(-c3ccc(C(=O)O)cc3)n2)cc1. The van der Waals surface area contributed by atoms with Crippen LogP contribution in [-0.2, 0) is 0 Å². The van der Waals surface area contributed by atoms with Gasteiger partial charge in [0.05, 0.1) is 22.5 Å². The van der Waals surface area contributed by atoms with Gasteiger partial charge >= 0.3 is 11.9 Å². The number of Topliss-reactive ketones (excluding diaryl/α,β-unsaturated/α-hetero) is 1. The first-order valence-electron chi connectivity index (χ1n) is 10.00. The fourth-order valence-corrected chi connectivity index (χ4v) is 3.29. The molecular weight excluding hydrogens is 420 g/mol. The summed E-state index contributed by atoms with van der Waals surface area (Å²) in [6.45, 7) is 1.50. The number of carboxylic acid groups (broad SMARTS) is 2. The van der Waals surface area contributed by atoms with Gasteiger partial charge < -0.3 is 10.2 Å². The van der Waals surface area contributed by atoms with E-state index in [1.54, 1.807) is 54.6 Å². The van der Waals surface area contributed by atoms with Crippen LogP contribution < -0.4 is 0 Å². The van der Waals surface area contributed by atoms with Crippen molar-refractivity contribution in [1.29, 1.82) is 0 Å². The van der Waals surface area contributed by atoms with Crippen LogP contribution in [-0.4, -0.2) is 37.9 Å². The number of ketones is 1. The molecular formula is C26H18N2O5. The molecule has 0 saturated carbocycles. The fraction of sp³-hybridized carbons (Fsp3) is 0.0385. The lowest BCUT2D eigenvalue weighted by Gasteiger charge is -2.10. The number of carbonyl (C=O) groups is 3. The topological polar surface area (TPSA) is 117 Å². The van der Waals surface area contributed by atoms with Gasteiger partial charge in [-0.15, -0.1) is 0 Å². The van der Waals surface area contributed by atoms with Crippen LogP contribution in [0.25, 0.3) is 33.9 Å². The average molecular weight is 438 g/mol. The van der Waals surface area contributed by atoms with Crippen LogP contribution in [0.15, 0.2) is 78.9 Å². The Kier molecular flexibility index (Phi) is 5.78. The van der Waals surface area contributed by atoms with E-state index in [1.807, 2.05) is 0 Å². The summed E-state index contributed by atoms with van der Waals surface area (Å²) in [5.74, 6) is -1.70. The Morgan fingerprint density at radius 1 is 0.576 bits per heavy atom. The number of carbonyl (C=O) groups excluding carboxylic acids is 1. The maximum atomic E-state index is 11.6. The Morgan fingerprint density at radius 2 is 0.939 bits per heavy atom. The van der Waals surface area contributed by atoms with Gasteiger partial charge in [0.1, 0.15) is 0 Å². The number of rotatable bonds is 6. The summed E-state index contributed by atoms with van der Waals surface area (Å²) in [6.07, 6.45) is 0. The highest BCUT2D eigenvalue weighted by atomic mass is 16.4. The monoisotopic (exact) mass is 438 g/mol. The highest BCUT2D eigenvalue weighted by Gasteiger charge is 2.13. The molecule has 0 aliphatic rings. The van der Waals surface area contributed by atoms with E-state index in [0.717, 1.165) is 5.56 Å². The first-order valence-corrected chi connectivity index (χ1v) is 10.00. The molecule has 0 aliphatic heterocycles. The minimum absolute atomic E-state index is 0.0392. The summed E-state index contributed by atoms with van der Waals surface area (Å²) in [6, 6.07) is 21.4. The van der Waals surface area contributed by atoms with Gasteiger partial charge in [-0.1, -0.05) is 48.5 Å². The molecule has 33 heavy (non-hydrogen) atoms. The predicted octanol–water partition coefficient (Wildman–Crippen LogP) is 5.08. The van der Waals surface area contributed by atoms with Crippen molar-refractivity contribution in [3.63, 3.8) is 0 Å². The molecule has 7 heteroatoms. The largest absolute Gasteiger partial charge is 0.478 e. The maximum absolute atomic E-state index is 11.6. The Labute approximate surface area is 189 Å². The van der Waals surface area contributed by atoms with Gasteiger partial charge in [-0.05, 0) is 37.3 Å². The summed E-state index contributed by atoms with van der Waals surface area (Å²) in [5.41, 5.74) is 4.19. The van der Waals surface area contributed by atoms with Crippen molar-refractivity contribution in [1.82, 2.24) is 9.97 Å². The number of carboxylic acids is 2. The Bertz CT molecular complexity index is 1180. The van der Waals surface area contributed by atoms with E-state index in [-0.39, 0.29) is 16.9 Å². The molecule has 0 atom stereocenters. The molecule has 4 rings (SSSR count). The van der Waals surface area contributed by atoms with E-state index in [0.29, 0.717) is 33.9 Å². The van der Waals surface area contributed by atoms with Crippen LogP contribution in [0.3, 0.4) is 0 Å². The molecule has 3 aromatic carbocycles. The normalized spacial score (nSPS) is 10.6. The molecule has 0 amide bonds. The second-order valence-electron chi connectivity index (χ2n) is 7.36. The number of aromatic nitrogens is 2. The maximum Gasteiger partial charge on any atom is 0.335 e. The number of nitrogens with zero attached hydrogens (tertiary/aromatic N) is 2. The molecule has 0 saturated heterocycles. The zero-order chi connectivity index (χ0) is 23.5. The van der Waals surface area contributed by atoms with E-state index in [4.69, 9.17) is 10.2 Å². The van der Waals surface area contributed by atoms with Crippen molar-refractivity contribution < 1.29 is 24.6 Å². The average Bonchev–Trinajstić information content (AvgIpc) is 2.84. The van der Waals surface area contributed by atoms with Crippen LogP contribution in [0.4, 0.5) is 0 Å². The second kappa shape index (κ2) is 8.84. The predicted molar refractivity (Wildman–Crippen MR) is 122 cm³/mol. The van der Waals surface area contributed by atoms with Gasteiger partial charge in [0, 0.05) is 22.3 Å². The van der Waals surface area contributed by atoms with Crippen LogP contribution in [0.2, 0.25) is 0 Å². The van der Waals surface area contributed by atoms with Crippen LogP contribution in [0.1, 0.15) is 38.0 Å². The smallest absolute Gasteiger partial charge is 0.335 e. The van der Waals surface area contributed by atoms with Crippen molar-refractivity contribution in [3.05, 3.63) is 95.6 Å². The first-order chi connectivity index (χ1) is 15.8. The fourth-order valence-electron chi connectivity index (χ4n) is 3.29. The minimum Gasteiger partial charge on any atom is -0.478 e. The number of hydrogen-bond donors (Lipinski definition) is 2. The zero-order valence-electron chi connectivity index (χ0n) is 17.5. The number of aromatic carboxylic acids is 2. The Balaban J connectivity index is 1.84. The molecule has 0 fully saturated rings. The third-order valence-corrected chi connectivity index (χ3v) is 5.13. The quantitative estimate of drug-likeness (QED) is 0.403. The zero-order valence-corrected chi connectivity index (χ0v) is 17.5. The lowest BCUT2D eigenvalue weighted by atomic mass is 10.0. The highest BCUT2D eigenvalue weighted by molar-refractivity contribution is 5.94. The molecule has 0 unspecified atom stereocenters. The molecule has 7 nitrogen and oxygen atoms in total. The van der Waals surface area contributed by atoms with Gasteiger partial charge in [0.2, 0.25) is 0 Å². The van der Waals surface area contributed by atoms with E-state index < -0.39 is 11.9 Å². The summed E-state index contributed by atoms with van der Waals surface area (Å²) in [4.78, 5) is 43.3. The molecule has 4 aromatic rings. The molecule has 1 aromatic heterocycles. The van der Waals surface area contributed by atoms with E-state index >= 15 is 0 Å². The van der Waals surface area contributed by atoms with Gasteiger partial charge in [-0.3, -0.25) is 4.79 Å². The molecule has 1 heterocycles. The van der Waals surface area contributed by atoms with Crippen molar-refractivity contribution in [2.75, 3.05) is 0 Å². The van der Waals surface area contributed by atoms with E-state index in [9.17, 15) is 14.4 Å². The van der Waals surface area contributed by atoms with Gasteiger partial charge in [-0.2, -0.15) is 0 Å². The van der Waals surface area contributed by atoms with Crippen LogP contribution in [0, 0.1) is 0 Å². The standard InChI is InChI=1S/C26H18N2O5/c1-15(29)16-2-4-17(5-3-16)22-14-23(18-6-10-20(11-7-18)25(30)31)28-24(27-22)19-8-12-21(13-9-19)26(32)33/h2-14H,1H3,(H,30,31)(H,32,33). The van der Waals surface area contributed by atoms with Gasteiger partial charge in [0.25, 0.3) is 0 Å². The van der Waals surface area contributed by atoms with Crippen molar-refractivity contribution >= 4 is 17.7 Å². The Morgan fingerprint density at radius 3 is 1.30 bits per heavy atom. The summed E-state index contributed by atoms with van der Waals surface area (Å²) in [5, 5.41) is 18.3. The third kappa shape index (κ3) is 4.67. The van der Waals surface area contributed by atoms with Crippen LogP contribution in [0.5, 0.6) is 0 Å². The third-order valence-electron chi connectivity index (χ3n) is 5.13. The summed E-state index contributed by atoms with van der Waals surface area (Å²) in [7, 11) is 0. The molecule has 0 aliphatic carbocycles. The summed E-state index contributed by atoms with van der Waals surface area (Å²) < 4.78 is 0. The molecule has 0 radical (unpaired) electrons. The van der Waals surface area contributed by atoms with Crippen molar-refractivity contribution in [3.8, 4) is 33.9 Å². The first kappa shape index (κ1) is 21.6. The van der Waals surface area contributed by atoms with Crippen molar-refractivity contribution in [2.45, 2.75) is 6.92 Å². The Hall–Kier alpha value is -4.65. The van der Waals surface area contributed by atoms with Crippen LogP contribution >= 0.6 is 0 Å². The van der Waals surface area contributed by atoms with Gasteiger partial charge in [-0.25, -0.2) is 19.6 Å². The highest BCUT2D eigenvalue weighted by Crippen LogP contribution is 2.28. The van der Waals surface area contributed by atoms with Gasteiger partial charge in [0.15, 0.2) is 11.6 Å². The van der Waals surface area contributed by atoms with E-state index in [2.05, 4.69) is 9.97 Å². The number of hydrogen-bond acceptors (Lipinski definition) is 5.